The van der Waals surface area contributed by atoms with Gasteiger partial charge < -0.3 is 9.72 Å². The van der Waals surface area contributed by atoms with Gasteiger partial charge in [0.1, 0.15) is 11.3 Å². The zero-order chi connectivity index (χ0) is 13.4. The third-order valence-electron chi connectivity index (χ3n) is 2.72. The second kappa shape index (κ2) is 4.79. The van der Waals surface area contributed by atoms with Gasteiger partial charge >= 0.3 is 5.97 Å². The normalized spacial score (nSPS) is 10.8. The van der Waals surface area contributed by atoms with Crippen LogP contribution in [0, 0.1) is 0 Å². The van der Waals surface area contributed by atoms with Crippen molar-refractivity contribution >= 4 is 44.3 Å². The Labute approximate surface area is 121 Å². The maximum atomic E-state index is 11.7. The lowest BCUT2D eigenvalue weighted by molar-refractivity contribution is 0.0603. The fraction of sp³-hybridized carbons (Fsp3) is 0.0769. The highest BCUT2D eigenvalue weighted by Gasteiger charge is 2.15. The van der Waals surface area contributed by atoms with Crippen molar-refractivity contribution in [3.05, 3.63) is 39.7 Å². The Morgan fingerprint density at radius 1 is 1.37 bits per heavy atom. The Morgan fingerprint density at radius 3 is 2.89 bits per heavy atom. The van der Waals surface area contributed by atoms with Crippen LogP contribution >= 0.6 is 27.3 Å². The number of para-hydroxylation sites is 1. The highest BCUT2D eigenvalue weighted by molar-refractivity contribution is 9.11. The third kappa shape index (κ3) is 2.17. The molecule has 0 radical (unpaired) electrons. The van der Waals surface area contributed by atoms with Crippen LogP contribution in [0.25, 0.3) is 21.7 Å². The Morgan fingerprint density at radius 2 is 2.21 bits per heavy atom. The molecule has 0 unspecified atom stereocenters. The number of halogens is 1. The van der Waals surface area contributed by atoms with Crippen molar-refractivity contribution in [2.75, 3.05) is 7.11 Å². The minimum atomic E-state index is -0.379. The molecule has 2 heterocycles. The van der Waals surface area contributed by atoms with Crippen LogP contribution < -0.4 is 0 Å². The lowest BCUT2D eigenvalue weighted by atomic mass is 10.2. The van der Waals surface area contributed by atoms with E-state index in [1.807, 2.05) is 18.2 Å². The largest absolute Gasteiger partial charge is 0.465 e. The predicted octanol–water partition coefficient (Wildman–Crippen LogP) is 3.84. The fourth-order valence-corrected chi connectivity index (χ4v) is 3.20. The molecule has 3 aromatic rings. The monoisotopic (exact) mass is 336 g/mol. The Kier molecular flexibility index (Phi) is 3.12. The average Bonchev–Trinajstić information content (AvgIpc) is 3.02. The van der Waals surface area contributed by atoms with Gasteiger partial charge in [-0.15, -0.1) is 11.3 Å². The molecule has 0 bridgehead atoms. The first-order valence-electron chi connectivity index (χ1n) is 5.52. The first-order chi connectivity index (χ1) is 9.19. The van der Waals surface area contributed by atoms with Crippen LogP contribution in [0.2, 0.25) is 0 Å². The molecule has 0 fully saturated rings. The van der Waals surface area contributed by atoms with Crippen molar-refractivity contribution in [2.45, 2.75) is 0 Å². The number of nitrogens with zero attached hydrogens (tertiary/aromatic N) is 1. The van der Waals surface area contributed by atoms with E-state index in [0.717, 1.165) is 20.0 Å². The number of carbonyl (C=O) groups is 1. The van der Waals surface area contributed by atoms with Crippen molar-refractivity contribution in [1.82, 2.24) is 9.97 Å². The van der Waals surface area contributed by atoms with E-state index < -0.39 is 0 Å². The minimum Gasteiger partial charge on any atom is -0.465 e. The number of esters is 1. The highest BCUT2D eigenvalue weighted by atomic mass is 79.9. The first-order valence-corrected chi connectivity index (χ1v) is 7.13. The molecule has 1 N–H and O–H groups in total. The highest BCUT2D eigenvalue weighted by Crippen LogP contribution is 2.31. The van der Waals surface area contributed by atoms with E-state index in [9.17, 15) is 4.79 Å². The van der Waals surface area contributed by atoms with Crippen LogP contribution in [0.3, 0.4) is 0 Å². The minimum absolute atomic E-state index is 0.379. The molecule has 0 amide bonds. The fourth-order valence-electron chi connectivity index (χ4n) is 1.87. The molecule has 3 rings (SSSR count). The van der Waals surface area contributed by atoms with E-state index in [-0.39, 0.29) is 5.97 Å². The summed E-state index contributed by atoms with van der Waals surface area (Å²) in [5.41, 5.74) is 1.93. The Hall–Kier alpha value is -1.66. The second-order valence-corrected chi connectivity index (χ2v) is 6.35. The van der Waals surface area contributed by atoms with Gasteiger partial charge in [0.2, 0.25) is 0 Å². The van der Waals surface area contributed by atoms with Gasteiger partial charge in [-0.1, -0.05) is 6.07 Å². The van der Waals surface area contributed by atoms with Crippen molar-refractivity contribution in [3.8, 4) is 10.7 Å². The molecule has 6 heteroatoms. The average molecular weight is 337 g/mol. The van der Waals surface area contributed by atoms with Gasteiger partial charge in [-0.2, -0.15) is 0 Å². The number of methoxy groups -OCH3 is 1. The standard InChI is InChI=1S/C13H9BrN2O2S/c1-18-13(17)7-3-2-4-8-11(7)16-12(15-8)9-5-6-10(14)19-9/h2-6H,1H3,(H,15,16). The molecule has 4 nitrogen and oxygen atoms in total. The number of ether oxygens (including phenoxy) is 1. The number of hydrogen-bond acceptors (Lipinski definition) is 4. The number of H-pyrrole nitrogens is 1. The van der Waals surface area contributed by atoms with E-state index in [2.05, 4.69) is 25.9 Å². The van der Waals surface area contributed by atoms with Gasteiger partial charge in [0.05, 0.1) is 26.9 Å². The molecule has 0 aliphatic rings. The molecule has 0 aliphatic heterocycles. The lowest BCUT2D eigenvalue weighted by Crippen LogP contribution is -2.01. The quantitative estimate of drug-likeness (QED) is 0.723. The van der Waals surface area contributed by atoms with Crippen LogP contribution in [-0.4, -0.2) is 23.0 Å². The summed E-state index contributed by atoms with van der Waals surface area (Å²) in [6, 6.07) is 9.35. The summed E-state index contributed by atoms with van der Waals surface area (Å²) in [6.07, 6.45) is 0. The molecule has 19 heavy (non-hydrogen) atoms. The third-order valence-corrected chi connectivity index (χ3v) is 4.35. The number of imidazole rings is 1. The van der Waals surface area contributed by atoms with E-state index in [1.165, 1.54) is 7.11 Å². The van der Waals surface area contributed by atoms with Crippen molar-refractivity contribution in [1.29, 1.82) is 0 Å². The van der Waals surface area contributed by atoms with Gasteiger partial charge in [-0.3, -0.25) is 0 Å². The zero-order valence-corrected chi connectivity index (χ0v) is 12.3. The zero-order valence-electron chi connectivity index (χ0n) is 9.94. The van der Waals surface area contributed by atoms with Gasteiger partial charge in [0.15, 0.2) is 0 Å². The number of aromatic nitrogens is 2. The molecular formula is C13H9BrN2O2S. The smallest absolute Gasteiger partial charge is 0.340 e. The molecule has 1 aromatic carbocycles. The van der Waals surface area contributed by atoms with Gasteiger partial charge in [-0.05, 0) is 40.2 Å². The number of hydrogen-bond donors (Lipinski definition) is 1. The predicted molar refractivity (Wildman–Crippen MR) is 78.4 cm³/mol. The number of aromatic amines is 1. The van der Waals surface area contributed by atoms with Crippen molar-refractivity contribution in [3.63, 3.8) is 0 Å². The summed E-state index contributed by atoms with van der Waals surface area (Å²) < 4.78 is 5.80. The molecular weight excluding hydrogens is 328 g/mol. The molecule has 0 spiro atoms. The maximum Gasteiger partial charge on any atom is 0.340 e. The molecule has 2 aromatic heterocycles. The molecule has 96 valence electrons. The summed E-state index contributed by atoms with van der Waals surface area (Å²) in [7, 11) is 1.37. The molecule has 0 aliphatic carbocycles. The van der Waals surface area contributed by atoms with Gasteiger partial charge in [0.25, 0.3) is 0 Å². The number of rotatable bonds is 2. The van der Waals surface area contributed by atoms with Crippen molar-refractivity contribution in [2.24, 2.45) is 0 Å². The summed E-state index contributed by atoms with van der Waals surface area (Å²) >= 11 is 5.01. The van der Waals surface area contributed by atoms with Crippen LogP contribution in [-0.2, 0) is 4.74 Å². The van der Waals surface area contributed by atoms with Crippen LogP contribution in [0.1, 0.15) is 10.4 Å². The SMILES string of the molecule is COC(=O)c1cccc2[nH]c(-c3ccc(Br)s3)nc12. The topological polar surface area (TPSA) is 55.0 Å². The number of nitrogens with one attached hydrogen (secondary N) is 1. The van der Waals surface area contributed by atoms with E-state index in [1.54, 1.807) is 23.5 Å². The van der Waals surface area contributed by atoms with Crippen LogP contribution in [0.15, 0.2) is 34.1 Å². The van der Waals surface area contributed by atoms with Crippen molar-refractivity contribution < 1.29 is 9.53 Å². The summed E-state index contributed by atoms with van der Waals surface area (Å²) in [5, 5.41) is 0. The second-order valence-electron chi connectivity index (χ2n) is 3.88. The first kappa shape index (κ1) is 12.4. The summed E-state index contributed by atoms with van der Waals surface area (Å²) in [5.74, 6) is 0.373. The van der Waals surface area contributed by atoms with E-state index in [0.29, 0.717) is 11.1 Å². The Balaban J connectivity index is 2.18. The molecule has 0 saturated carbocycles. The lowest BCUT2D eigenvalue weighted by Gasteiger charge is -1.98. The number of carbonyl (C=O) groups excluding carboxylic acids is 1. The molecule has 0 saturated heterocycles. The van der Waals surface area contributed by atoms with Crippen LogP contribution in [0.4, 0.5) is 0 Å². The number of fused-ring (bicyclic) bond motifs is 1. The Bertz CT molecular complexity index is 763. The van der Waals surface area contributed by atoms with Gasteiger partial charge in [-0.25, -0.2) is 9.78 Å². The summed E-state index contributed by atoms with van der Waals surface area (Å²) in [4.78, 5) is 20.4. The van der Waals surface area contributed by atoms with Crippen LogP contribution in [0.5, 0.6) is 0 Å². The molecule has 0 atom stereocenters. The maximum absolute atomic E-state index is 11.7. The van der Waals surface area contributed by atoms with E-state index >= 15 is 0 Å². The summed E-state index contributed by atoms with van der Waals surface area (Å²) in [6.45, 7) is 0. The van der Waals surface area contributed by atoms with Gasteiger partial charge in [0, 0.05) is 0 Å². The number of benzene rings is 1. The van der Waals surface area contributed by atoms with E-state index in [4.69, 9.17) is 4.74 Å². The number of thiophene rings is 1.